The Labute approximate surface area is 120 Å². The Morgan fingerprint density at radius 2 is 2.30 bits per heavy atom. The molecule has 2 amide bonds. The minimum Gasteiger partial charge on any atom is -0.360 e. The molecule has 2 aromatic heterocycles. The Bertz CT molecular complexity index is 577. The second kappa shape index (κ2) is 6.85. The second-order valence-corrected chi connectivity index (χ2v) is 5.02. The van der Waals surface area contributed by atoms with Crippen LogP contribution in [-0.2, 0) is 4.79 Å². The third-order valence-electron chi connectivity index (χ3n) is 2.54. The van der Waals surface area contributed by atoms with Crippen molar-refractivity contribution in [2.45, 2.75) is 19.8 Å². The lowest BCUT2D eigenvalue weighted by Crippen LogP contribution is -2.25. The summed E-state index contributed by atoms with van der Waals surface area (Å²) in [6.07, 6.45) is 0.883. The third kappa shape index (κ3) is 4.20. The van der Waals surface area contributed by atoms with Gasteiger partial charge in [-0.3, -0.25) is 9.59 Å². The molecule has 0 unspecified atom stereocenters. The summed E-state index contributed by atoms with van der Waals surface area (Å²) < 4.78 is 4.84. The molecule has 2 rings (SSSR count). The Hall–Kier alpha value is -2.15. The SMILES string of the molecule is Cc1cc(NC(=O)CCCNC(=O)c2ccsc2)no1. The van der Waals surface area contributed by atoms with Crippen LogP contribution in [0.15, 0.2) is 27.4 Å². The fourth-order valence-corrected chi connectivity index (χ4v) is 2.21. The number of nitrogens with zero attached hydrogens (tertiary/aromatic N) is 1. The minimum atomic E-state index is -0.150. The van der Waals surface area contributed by atoms with Gasteiger partial charge in [-0.05, 0) is 24.8 Å². The molecule has 0 spiro atoms. The largest absolute Gasteiger partial charge is 0.360 e. The molecule has 0 aromatic carbocycles. The first kappa shape index (κ1) is 14.3. The van der Waals surface area contributed by atoms with Gasteiger partial charge in [-0.15, -0.1) is 0 Å². The van der Waals surface area contributed by atoms with Crippen molar-refractivity contribution in [3.8, 4) is 0 Å². The van der Waals surface area contributed by atoms with E-state index in [2.05, 4.69) is 15.8 Å². The van der Waals surface area contributed by atoms with Gasteiger partial charge in [-0.2, -0.15) is 11.3 Å². The summed E-state index contributed by atoms with van der Waals surface area (Å²) >= 11 is 1.47. The smallest absolute Gasteiger partial charge is 0.252 e. The van der Waals surface area contributed by atoms with Crippen LogP contribution in [0, 0.1) is 6.92 Å². The number of nitrogens with one attached hydrogen (secondary N) is 2. The molecule has 2 heterocycles. The van der Waals surface area contributed by atoms with Crippen LogP contribution in [0.5, 0.6) is 0 Å². The maximum Gasteiger partial charge on any atom is 0.252 e. The van der Waals surface area contributed by atoms with Gasteiger partial charge in [0.25, 0.3) is 5.91 Å². The normalized spacial score (nSPS) is 10.2. The maximum absolute atomic E-state index is 11.6. The molecule has 0 radical (unpaired) electrons. The van der Waals surface area contributed by atoms with Gasteiger partial charge in [0.2, 0.25) is 5.91 Å². The van der Waals surface area contributed by atoms with Crippen LogP contribution in [0.3, 0.4) is 0 Å². The minimum absolute atomic E-state index is 0.112. The van der Waals surface area contributed by atoms with E-state index >= 15 is 0 Å². The van der Waals surface area contributed by atoms with Crippen molar-refractivity contribution in [3.05, 3.63) is 34.2 Å². The van der Waals surface area contributed by atoms with Crippen LogP contribution < -0.4 is 10.6 Å². The van der Waals surface area contributed by atoms with Crippen molar-refractivity contribution in [2.24, 2.45) is 0 Å². The van der Waals surface area contributed by atoms with Crippen molar-refractivity contribution in [1.29, 1.82) is 0 Å². The fraction of sp³-hybridized carbons (Fsp3) is 0.308. The summed E-state index contributed by atoms with van der Waals surface area (Å²) in [5, 5.41) is 12.7. The highest BCUT2D eigenvalue weighted by Crippen LogP contribution is 2.08. The van der Waals surface area contributed by atoms with Crippen LogP contribution in [0.1, 0.15) is 29.0 Å². The maximum atomic E-state index is 11.6. The van der Waals surface area contributed by atoms with Gasteiger partial charge in [0.05, 0.1) is 0 Å². The predicted octanol–water partition coefficient (Wildman–Crippen LogP) is 2.19. The summed E-state index contributed by atoms with van der Waals surface area (Å²) in [5.74, 6) is 0.792. The van der Waals surface area contributed by atoms with E-state index in [9.17, 15) is 9.59 Å². The fourth-order valence-electron chi connectivity index (χ4n) is 1.58. The molecule has 0 fully saturated rings. The number of thiophene rings is 1. The summed E-state index contributed by atoms with van der Waals surface area (Å²) in [6.45, 7) is 2.21. The van der Waals surface area contributed by atoms with E-state index in [-0.39, 0.29) is 11.8 Å². The number of anilines is 1. The molecule has 0 atom stereocenters. The highest BCUT2D eigenvalue weighted by Gasteiger charge is 2.07. The molecule has 0 aliphatic rings. The quantitative estimate of drug-likeness (QED) is 0.800. The molecule has 7 heteroatoms. The lowest BCUT2D eigenvalue weighted by atomic mass is 10.2. The molecular weight excluding hydrogens is 278 g/mol. The van der Waals surface area contributed by atoms with E-state index < -0.39 is 0 Å². The highest BCUT2D eigenvalue weighted by atomic mass is 32.1. The summed E-state index contributed by atoms with van der Waals surface area (Å²) in [5.41, 5.74) is 0.650. The Morgan fingerprint density at radius 1 is 1.45 bits per heavy atom. The highest BCUT2D eigenvalue weighted by molar-refractivity contribution is 7.08. The van der Waals surface area contributed by atoms with E-state index in [4.69, 9.17) is 4.52 Å². The molecular formula is C13H15N3O3S. The zero-order chi connectivity index (χ0) is 14.4. The number of aryl methyl sites for hydroxylation is 1. The van der Waals surface area contributed by atoms with E-state index in [1.54, 1.807) is 24.4 Å². The van der Waals surface area contributed by atoms with Gasteiger partial charge in [0.1, 0.15) is 5.76 Å². The van der Waals surface area contributed by atoms with Crippen molar-refractivity contribution >= 4 is 29.0 Å². The average Bonchev–Trinajstić information content (AvgIpc) is 3.06. The standard InChI is InChI=1S/C13H15N3O3S/c1-9-7-11(16-19-9)15-12(17)3-2-5-14-13(18)10-4-6-20-8-10/h4,6-8H,2-3,5H2,1H3,(H,14,18)(H,15,16,17). The van der Waals surface area contributed by atoms with Crippen molar-refractivity contribution < 1.29 is 14.1 Å². The Balaban J connectivity index is 1.63. The number of rotatable bonds is 6. The number of amides is 2. The monoisotopic (exact) mass is 293 g/mol. The third-order valence-corrected chi connectivity index (χ3v) is 3.23. The number of hydrogen-bond donors (Lipinski definition) is 2. The van der Waals surface area contributed by atoms with Crippen LogP contribution in [-0.4, -0.2) is 23.5 Å². The number of carbonyl (C=O) groups is 2. The lowest BCUT2D eigenvalue weighted by Gasteiger charge is -2.03. The molecule has 2 N–H and O–H groups in total. The van der Waals surface area contributed by atoms with Gasteiger partial charge >= 0.3 is 0 Å². The van der Waals surface area contributed by atoms with Crippen LogP contribution in [0.2, 0.25) is 0 Å². The van der Waals surface area contributed by atoms with Crippen LogP contribution in [0.4, 0.5) is 5.82 Å². The first-order valence-electron chi connectivity index (χ1n) is 6.19. The molecule has 0 aliphatic carbocycles. The van der Waals surface area contributed by atoms with Gasteiger partial charge in [0.15, 0.2) is 5.82 Å². The Kier molecular flexibility index (Phi) is 4.89. The second-order valence-electron chi connectivity index (χ2n) is 4.24. The van der Waals surface area contributed by atoms with Crippen LogP contribution in [0.25, 0.3) is 0 Å². The summed E-state index contributed by atoms with van der Waals surface area (Å²) in [6, 6.07) is 3.41. The topological polar surface area (TPSA) is 84.2 Å². The summed E-state index contributed by atoms with van der Waals surface area (Å²) in [4.78, 5) is 23.2. The van der Waals surface area contributed by atoms with Gasteiger partial charge in [-0.25, -0.2) is 0 Å². The molecule has 2 aromatic rings. The number of carbonyl (C=O) groups excluding carboxylic acids is 2. The van der Waals surface area contributed by atoms with E-state index in [0.717, 1.165) is 0 Å². The molecule has 106 valence electrons. The molecule has 6 nitrogen and oxygen atoms in total. The molecule has 0 saturated heterocycles. The number of aromatic nitrogens is 1. The molecule has 0 saturated carbocycles. The lowest BCUT2D eigenvalue weighted by molar-refractivity contribution is -0.116. The van der Waals surface area contributed by atoms with E-state index in [1.807, 2.05) is 5.38 Å². The Morgan fingerprint density at radius 3 is 2.95 bits per heavy atom. The average molecular weight is 293 g/mol. The zero-order valence-corrected chi connectivity index (χ0v) is 11.8. The van der Waals surface area contributed by atoms with Crippen molar-refractivity contribution in [1.82, 2.24) is 10.5 Å². The zero-order valence-electron chi connectivity index (χ0n) is 11.0. The molecule has 20 heavy (non-hydrogen) atoms. The predicted molar refractivity (Wildman–Crippen MR) is 75.8 cm³/mol. The molecule has 0 bridgehead atoms. The number of hydrogen-bond acceptors (Lipinski definition) is 5. The van der Waals surface area contributed by atoms with Gasteiger partial charge < -0.3 is 15.2 Å². The van der Waals surface area contributed by atoms with Crippen molar-refractivity contribution in [2.75, 3.05) is 11.9 Å². The van der Waals surface area contributed by atoms with E-state index in [1.165, 1.54) is 11.3 Å². The summed E-state index contributed by atoms with van der Waals surface area (Å²) in [7, 11) is 0. The van der Waals surface area contributed by atoms with Crippen LogP contribution >= 0.6 is 11.3 Å². The van der Waals surface area contributed by atoms with Crippen molar-refractivity contribution in [3.63, 3.8) is 0 Å². The molecule has 0 aliphatic heterocycles. The first-order chi connectivity index (χ1) is 9.65. The van der Waals surface area contributed by atoms with E-state index in [0.29, 0.717) is 36.5 Å². The first-order valence-corrected chi connectivity index (χ1v) is 7.13. The van der Waals surface area contributed by atoms with Gasteiger partial charge in [0, 0.05) is 30.0 Å². The van der Waals surface area contributed by atoms with Gasteiger partial charge in [-0.1, -0.05) is 5.16 Å².